The molecule has 5 N–H and O–H groups in total. The number of aliphatic hydroxyl groups excluding tert-OH is 1. The van der Waals surface area contributed by atoms with Gasteiger partial charge in [0.05, 0.1) is 11.1 Å². The molecule has 0 atom stereocenters. The number of nitrogens with zero attached hydrogens (tertiary/aromatic N) is 5. The highest BCUT2D eigenvalue weighted by atomic mass is 79.9. The van der Waals surface area contributed by atoms with E-state index in [1.165, 1.54) is 4.57 Å². The molecular formula is C28H34BrF3N8O5. The molecule has 0 spiro atoms. The number of piperazine rings is 1. The molecule has 1 amide bonds. The van der Waals surface area contributed by atoms with Crippen molar-refractivity contribution in [1.82, 2.24) is 24.8 Å². The number of nitrogens with one attached hydrogen (secondary N) is 3. The van der Waals surface area contributed by atoms with Gasteiger partial charge in [-0.1, -0.05) is 0 Å². The highest BCUT2D eigenvalue weighted by Crippen LogP contribution is 2.25. The van der Waals surface area contributed by atoms with E-state index >= 15 is 0 Å². The monoisotopic (exact) mass is 698 g/mol. The number of pyridine rings is 1. The van der Waals surface area contributed by atoms with Crippen molar-refractivity contribution in [3.05, 3.63) is 63.6 Å². The fourth-order valence-electron chi connectivity index (χ4n) is 4.18. The van der Waals surface area contributed by atoms with Crippen molar-refractivity contribution >= 4 is 56.6 Å². The van der Waals surface area contributed by atoms with E-state index in [1.54, 1.807) is 24.5 Å². The summed E-state index contributed by atoms with van der Waals surface area (Å²) in [6.45, 7) is 8.27. The number of amides is 1. The normalized spacial score (nSPS) is 13.6. The predicted octanol–water partition coefficient (Wildman–Crippen LogP) is 3.16. The molecule has 1 fully saturated rings. The molecule has 0 aliphatic carbocycles. The first-order chi connectivity index (χ1) is 21.3. The van der Waals surface area contributed by atoms with Crippen molar-refractivity contribution in [1.29, 1.82) is 0 Å². The van der Waals surface area contributed by atoms with Gasteiger partial charge in [-0.15, -0.1) is 0 Å². The van der Waals surface area contributed by atoms with E-state index in [9.17, 15) is 22.8 Å². The lowest BCUT2D eigenvalue weighted by molar-refractivity contribution is -0.192. The molecular weight excluding hydrogens is 665 g/mol. The number of aliphatic hydroxyl groups is 1. The summed E-state index contributed by atoms with van der Waals surface area (Å²) < 4.78 is 33.7. The van der Waals surface area contributed by atoms with E-state index in [2.05, 4.69) is 63.8 Å². The smallest absolute Gasteiger partial charge is 0.475 e. The summed E-state index contributed by atoms with van der Waals surface area (Å²) in [6.07, 6.45) is -1.90. The van der Waals surface area contributed by atoms with Crippen LogP contribution in [-0.2, 0) is 16.1 Å². The SMILES string of the molecule is CC(C)NC(=O)Cn1cccc(Nc2nc(Nc3ccc(N4CCN(CCO)CC4)cc3)ncc2Br)c1=O.O=C(O)C(F)(F)F. The van der Waals surface area contributed by atoms with Crippen LogP contribution >= 0.6 is 15.9 Å². The summed E-state index contributed by atoms with van der Waals surface area (Å²) in [5.74, 6) is -2.20. The number of alkyl halides is 3. The third-order valence-corrected chi connectivity index (χ3v) is 6.88. The van der Waals surface area contributed by atoms with Crippen molar-refractivity contribution in [3.8, 4) is 0 Å². The summed E-state index contributed by atoms with van der Waals surface area (Å²) in [4.78, 5) is 47.4. The molecule has 0 radical (unpaired) electrons. The van der Waals surface area contributed by atoms with Crippen LogP contribution in [-0.4, -0.2) is 93.1 Å². The number of β-amino-alcohol motifs (C(OH)–C–C–N with tert-alkyl or cyclic N) is 1. The van der Waals surface area contributed by atoms with Crippen LogP contribution < -0.4 is 26.4 Å². The largest absolute Gasteiger partial charge is 0.490 e. The number of benzene rings is 1. The summed E-state index contributed by atoms with van der Waals surface area (Å²) >= 11 is 3.44. The third-order valence-electron chi connectivity index (χ3n) is 6.30. The van der Waals surface area contributed by atoms with E-state index < -0.39 is 12.1 Å². The molecule has 1 aliphatic heterocycles. The number of aromatic nitrogens is 3. The standard InChI is InChI=1S/C26H33BrN8O3.C2HF3O2/c1-18(2)29-23(37)17-35-9-3-4-22(25(35)38)31-24-21(27)16-28-26(32-24)30-19-5-7-20(8-6-19)34-12-10-33(11-13-34)14-15-36;3-2(4,5)1(6)7/h3-9,16,18,36H,10-15,17H2,1-2H3,(H,29,37)(H2,28,30,31,32);(H,6,7). The Hall–Kier alpha value is -4.22. The minimum atomic E-state index is -5.08. The molecule has 17 heteroatoms. The molecule has 13 nitrogen and oxygen atoms in total. The summed E-state index contributed by atoms with van der Waals surface area (Å²) in [6, 6.07) is 11.4. The maximum Gasteiger partial charge on any atom is 0.490 e. The second kappa shape index (κ2) is 16.2. The summed E-state index contributed by atoms with van der Waals surface area (Å²) in [5, 5.41) is 25.3. The first-order valence-electron chi connectivity index (χ1n) is 13.8. The molecule has 45 heavy (non-hydrogen) atoms. The van der Waals surface area contributed by atoms with Crippen LogP contribution in [0.2, 0.25) is 0 Å². The van der Waals surface area contributed by atoms with Crippen LogP contribution in [0.15, 0.2) is 58.1 Å². The van der Waals surface area contributed by atoms with Gasteiger partial charge in [-0.25, -0.2) is 9.78 Å². The number of halogens is 4. The fourth-order valence-corrected chi connectivity index (χ4v) is 4.47. The molecule has 0 bridgehead atoms. The fraction of sp³-hybridized carbons (Fsp3) is 0.393. The van der Waals surface area contributed by atoms with Gasteiger partial charge in [0.2, 0.25) is 11.9 Å². The Morgan fingerprint density at radius 1 is 1.07 bits per heavy atom. The quantitative estimate of drug-likeness (QED) is 0.211. The van der Waals surface area contributed by atoms with E-state index in [1.807, 2.05) is 26.0 Å². The number of hydrogen-bond acceptors (Lipinski definition) is 10. The summed E-state index contributed by atoms with van der Waals surface area (Å²) in [7, 11) is 0. The molecule has 1 aliphatic rings. The van der Waals surface area contributed by atoms with Crippen LogP contribution in [0, 0.1) is 0 Å². The van der Waals surface area contributed by atoms with E-state index in [4.69, 9.17) is 15.0 Å². The first-order valence-corrected chi connectivity index (χ1v) is 14.6. The third kappa shape index (κ3) is 11.0. The average Bonchev–Trinajstić information content (AvgIpc) is 2.97. The predicted molar refractivity (Wildman–Crippen MR) is 166 cm³/mol. The zero-order valence-corrected chi connectivity index (χ0v) is 26.1. The number of carboxylic acid groups (broad SMARTS) is 1. The lowest BCUT2D eigenvalue weighted by Gasteiger charge is -2.35. The number of rotatable bonds is 10. The van der Waals surface area contributed by atoms with Gasteiger partial charge in [-0.05, 0) is 66.2 Å². The highest BCUT2D eigenvalue weighted by molar-refractivity contribution is 9.10. The van der Waals surface area contributed by atoms with Crippen molar-refractivity contribution in [3.63, 3.8) is 0 Å². The van der Waals surface area contributed by atoms with Gasteiger partial charge in [0, 0.05) is 62.5 Å². The van der Waals surface area contributed by atoms with Gasteiger partial charge in [0.25, 0.3) is 5.56 Å². The molecule has 244 valence electrons. The average molecular weight is 700 g/mol. The molecule has 0 saturated carbocycles. The second-order valence-electron chi connectivity index (χ2n) is 10.1. The van der Waals surface area contributed by atoms with Gasteiger partial charge in [0.1, 0.15) is 12.2 Å². The van der Waals surface area contributed by atoms with Crippen LogP contribution in [0.3, 0.4) is 0 Å². The minimum absolute atomic E-state index is 0.00767. The van der Waals surface area contributed by atoms with Crippen LogP contribution in [0.4, 0.5) is 42.0 Å². The number of carbonyl (C=O) groups excluding carboxylic acids is 1. The molecule has 3 aromatic rings. The van der Waals surface area contributed by atoms with Crippen LogP contribution in [0.25, 0.3) is 0 Å². The van der Waals surface area contributed by atoms with Gasteiger partial charge < -0.3 is 35.6 Å². The van der Waals surface area contributed by atoms with Gasteiger partial charge in [-0.3, -0.25) is 14.5 Å². The van der Waals surface area contributed by atoms with E-state index in [-0.39, 0.29) is 30.7 Å². The van der Waals surface area contributed by atoms with Crippen LogP contribution in [0.5, 0.6) is 0 Å². The van der Waals surface area contributed by atoms with Gasteiger partial charge >= 0.3 is 12.1 Å². The molecule has 3 heterocycles. The number of hydrogen-bond donors (Lipinski definition) is 5. The molecule has 1 aromatic carbocycles. The molecule has 0 unspecified atom stereocenters. The lowest BCUT2D eigenvalue weighted by Crippen LogP contribution is -2.47. The van der Waals surface area contributed by atoms with Crippen molar-refractivity contribution < 1.29 is 33.0 Å². The maximum atomic E-state index is 12.9. The minimum Gasteiger partial charge on any atom is -0.475 e. The zero-order chi connectivity index (χ0) is 33.1. The van der Waals surface area contributed by atoms with Crippen molar-refractivity contribution in [2.75, 3.05) is 54.9 Å². The van der Waals surface area contributed by atoms with Gasteiger partial charge in [0.15, 0.2) is 5.82 Å². The van der Waals surface area contributed by atoms with Crippen molar-refractivity contribution in [2.45, 2.75) is 32.6 Å². The Morgan fingerprint density at radius 3 is 2.29 bits per heavy atom. The number of carbonyl (C=O) groups is 2. The lowest BCUT2D eigenvalue weighted by atomic mass is 10.2. The van der Waals surface area contributed by atoms with Crippen LogP contribution in [0.1, 0.15) is 13.8 Å². The Bertz CT molecular complexity index is 1500. The first kappa shape index (κ1) is 35.3. The van der Waals surface area contributed by atoms with Gasteiger partial charge in [-0.2, -0.15) is 18.2 Å². The zero-order valence-electron chi connectivity index (χ0n) is 24.5. The van der Waals surface area contributed by atoms with E-state index in [0.29, 0.717) is 21.9 Å². The molecule has 2 aromatic heterocycles. The Labute approximate surface area is 265 Å². The molecule has 4 rings (SSSR count). The Kier molecular flexibility index (Phi) is 12.7. The topological polar surface area (TPSA) is 165 Å². The number of anilines is 5. The highest BCUT2D eigenvalue weighted by Gasteiger charge is 2.38. The van der Waals surface area contributed by atoms with Crippen molar-refractivity contribution in [2.24, 2.45) is 0 Å². The number of aliphatic carboxylic acids is 1. The molecule has 1 saturated heterocycles. The Balaban J connectivity index is 0.000000707. The second-order valence-corrected chi connectivity index (χ2v) is 11.0. The summed E-state index contributed by atoms with van der Waals surface area (Å²) in [5.41, 5.74) is 1.93. The van der Waals surface area contributed by atoms with E-state index in [0.717, 1.165) is 44.1 Å². The number of carboxylic acids is 1. The Morgan fingerprint density at radius 2 is 1.71 bits per heavy atom. The maximum absolute atomic E-state index is 12.9.